The Kier molecular flexibility index (Phi) is 5.19. The lowest BCUT2D eigenvalue weighted by Crippen LogP contribution is -2.56. The Morgan fingerprint density at radius 1 is 1.19 bits per heavy atom. The Bertz CT molecular complexity index is 1370. The molecule has 3 aromatic rings. The molecule has 2 aliphatic heterocycles. The van der Waals surface area contributed by atoms with E-state index < -0.39 is 11.8 Å². The summed E-state index contributed by atoms with van der Waals surface area (Å²) in [7, 11) is 1.66. The summed E-state index contributed by atoms with van der Waals surface area (Å²) in [5, 5.41) is 15.5. The van der Waals surface area contributed by atoms with Gasteiger partial charge in [0.2, 0.25) is 0 Å². The normalized spacial score (nSPS) is 23.9. The minimum atomic E-state index is -1.20. The van der Waals surface area contributed by atoms with Gasteiger partial charge in [0.1, 0.15) is 17.7 Å². The summed E-state index contributed by atoms with van der Waals surface area (Å²) in [6, 6.07) is 12.2. The number of imidazole rings is 1. The van der Waals surface area contributed by atoms with Crippen LogP contribution in [0.25, 0.3) is 11.8 Å². The fraction of sp³-hybridized carbons (Fsp3) is 0.357. The van der Waals surface area contributed by atoms with Crippen LogP contribution >= 0.6 is 0 Å². The van der Waals surface area contributed by atoms with Gasteiger partial charge in [-0.25, -0.2) is 9.37 Å². The molecule has 1 spiro atoms. The van der Waals surface area contributed by atoms with E-state index in [9.17, 15) is 9.50 Å². The molecule has 2 aromatic carbocycles. The molecule has 1 saturated heterocycles. The summed E-state index contributed by atoms with van der Waals surface area (Å²) in [6.07, 6.45) is 8.07. The molecule has 2 fully saturated rings. The molecule has 7 nitrogen and oxygen atoms in total. The largest absolute Gasteiger partial charge is 0.495 e. The highest BCUT2D eigenvalue weighted by atomic mass is 19.1. The summed E-state index contributed by atoms with van der Waals surface area (Å²) >= 11 is 0. The van der Waals surface area contributed by atoms with Crippen LogP contribution in [0.1, 0.15) is 43.0 Å². The molecular formula is C28H29FN4O3. The van der Waals surface area contributed by atoms with Crippen molar-refractivity contribution in [1.82, 2.24) is 14.5 Å². The van der Waals surface area contributed by atoms with E-state index in [4.69, 9.17) is 9.57 Å². The van der Waals surface area contributed by atoms with Crippen molar-refractivity contribution in [2.45, 2.75) is 44.9 Å². The molecule has 2 atom stereocenters. The van der Waals surface area contributed by atoms with Crippen LogP contribution in [0.3, 0.4) is 0 Å². The smallest absolute Gasteiger partial charge is 0.262 e. The highest BCUT2D eigenvalue weighted by molar-refractivity contribution is 6.04. The van der Waals surface area contributed by atoms with Gasteiger partial charge in [0, 0.05) is 18.3 Å². The Balaban J connectivity index is 1.39. The number of hydrogen-bond donors (Lipinski definition) is 1. The quantitative estimate of drug-likeness (QED) is 0.560. The van der Waals surface area contributed by atoms with Crippen molar-refractivity contribution in [2.75, 3.05) is 13.7 Å². The standard InChI is InChI=1S/C28H29FN4O3/c1-18-15-32(17-30-18)24-9-4-20(13-25(24)35-3)12-21-14-27(10-11-27)16-33-26(21)31-36-28(33,19(2)34)22-5-7-23(29)8-6-22/h4-9,12-13,15,17,19,34H,10-11,14,16H2,1-3H3/b21-12+. The van der Waals surface area contributed by atoms with Gasteiger partial charge in [-0.3, -0.25) is 0 Å². The molecule has 8 heteroatoms. The van der Waals surface area contributed by atoms with Crippen LogP contribution in [0.2, 0.25) is 0 Å². The van der Waals surface area contributed by atoms with Crippen molar-refractivity contribution in [3.63, 3.8) is 0 Å². The molecule has 0 radical (unpaired) electrons. The number of hydrogen-bond acceptors (Lipinski definition) is 6. The number of methoxy groups -OCH3 is 1. The van der Waals surface area contributed by atoms with E-state index in [2.05, 4.69) is 27.2 Å². The first kappa shape index (κ1) is 22.8. The van der Waals surface area contributed by atoms with E-state index in [0.717, 1.165) is 54.1 Å². The summed E-state index contributed by atoms with van der Waals surface area (Å²) in [5.74, 6) is 1.12. The average Bonchev–Trinajstić information content (AvgIpc) is 3.27. The van der Waals surface area contributed by atoms with Crippen LogP contribution in [0.4, 0.5) is 4.39 Å². The van der Waals surface area contributed by atoms with Gasteiger partial charge in [-0.15, -0.1) is 0 Å². The van der Waals surface area contributed by atoms with E-state index in [0.29, 0.717) is 11.4 Å². The van der Waals surface area contributed by atoms with Gasteiger partial charge in [-0.05, 0) is 92.1 Å². The van der Waals surface area contributed by atoms with Crippen molar-refractivity contribution >= 4 is 11.9 Å². The first-order chi connectivity index (χ1) is 17.3. The second kappa shape index (κ2) is 8.20. The van der Waals surface area contributed by atoms with Gasteiger partial charge >= 0.3 is 0 Å². The SMILES string of the molecule is COc1cc(/C=C2\CC3(CC3)CN3C2=NOC3(c2ccc(F)cc2)C(C)O)ccc1-n1cnc(C)c1. The number of aliphatic hydroxyl groups is 1. The maximum absolute atomic E-state index is 13.7. The van der Waals surface area contributed by atoms with Crippen LogP contribution in [0.5, 0.6) is 5.75 Å². The van der Waals surface area contributed by atoms with Gasteiger partial charge in [-0.1, -0.05) is 11.2 Å². The third kappa shape index (κ3) is 3.59. The molecular weight excluding hydrogens is 459 g/mol. The molecule has 186 valence electrons. The van der Waals surface area contributed by atoms with Gasteiger partial charge in [0.05, 0.1) is 24.8 Å². The van der Waals surface area contributed by atoms with E-state index >= 15 is 0 Å². The average molecular weight is 489 g/mol. The molecule has 1 N–H and O–H groups in total. The van der Waals surface area contributed by atoms with E-state index in [-0.39, 0.29) is 11.2 Å². The Labute approximate surface area is 209 Å². The van der Waals surface area contributed by atoms with Gasteiger partial charge in [0.15, 0.2) is 5.84 Å². The molecule has 6 rings (SSSR count). The number of ether oxygens (including phenoxy) is 1. The summed E-state index contributed by atoms with van der Waals surface area (Å²) < 4.78 is 21.3. The molecule has 1 aliphatic carbocycles. The number of aliphatic hydroxyl groups excluding tert-OH is 1. The van der Waals surface area contributed by atoms with E-state index in [1.54, 1.807) is 32.5 Å². The number of aryl methyl sites for hydroxylation is 1. The van der Waals surface area contributed by atoms with Gasteiger partial charge in [0.25, 0.3) is 5.72 Å². The Morgan fingerprint density at radius 2 is 1.97 bits per heavy atom. The molecule has 3 aliphatic rings. The molecule has 2 unspecified atom stereocenters. The second-order valence-corrected chi connectivity index (χ2v) is 10.2. The minimum absolute atomic E-state index is 0.122. The second-order valence-electron chi connectivity index (χ2n) is 10.2. The van der Waals surface area contributed by atoms with Gasteiger partial charge < -0.3 is 24.1 Å². The third-order valence-corrected chi connectivity index (χ3v) is 7.59. The lowest BCUT2D eigenvalue weighted by atomic mass is 9.85. The molecule has 36 heavy (non-hydrogen) atoms. The highest BCUT2D eigenvalue weighted by Crippen LogP contribution is 2.57. The van der Waals surface area contributed by atoms with Crippen LogP contribution in [-0.4, -0.2) is 45.2 Å². The maximum atomic E-state index is 13.7. The van der Waals surface area contributed by atoms with Crippen molar-refractivity contribution in [3.8, 4) is 11.4 Å². The van der Waals surface area contributed by atoms with Crippen molar-refractivity contribution in [3.05, 3.63) is 83.2 Å². The number of benzene rings is 2. The summed E-state index contributed by atoms with van der Waals surface area (Å²) in [4.78, 5) is 12.5. The summed E-state index contributed by atoms with van der Waals surface area (Å²) in [6.45, 7) is 4.38. The molecule has 1 aromatic heterocycles. The van der Waals surface area contributed by atoms with Crippen LogP contribution in [0.15, 0.2) is 65.7 Å². The number of halogens is 1. The maximum Gasteiger partial charge on any atom is 0.262 e. The third-order valence-electron chi connectivity index (χ3n) is 7.59. The molecule has 0 amide bonds. The number of nitrogens with zero attached hydrogens (tertiary/aromatic N) is 4. The lowest BCUT2D eigenvalue weighted by molar-refractivity contribution is -0.176. The van der Waals surface area contributed by atoms with Gasteiger partial charge in [-0.2, -0.15) is 0 Å². The van der Waals surface area contributed by atoms with Crippen molar-refractivity contribution in [1.29, 1.82) is 0 Å². The highest BCUT2D eigenvalue weighted by Gasteiger charge is 2.59. The van der Waals surface area contributed by atoms with Crippen LogP contribution in [-0.2, 0) is 10.6 Å². The zero-order valence-electron chi connectivity index (χ0n) is 20.6. The van der Waals surface area contributed by atoms with E-state index in [1.165, 1.54) is 12.1 Å². The van der Waals surface area contributed by atoms with Crippen LogP contribution in [0, 0.1) is 18.2 Å². The first-order valence-electron chi connectivity index (χ1n) is 12.2. The van der Waals surface area contributed by atoms with Crippen LogP contribution < -0.4 is 4.74 Å². The Hall–Kier alpha value is -3.65. The zero-order chi connectivity index (χ0) is 25.1. The number of amidine groups is 1. The molecule has 3 heterocycles. The zero-order valence-corrected chi connectivity index (χ0v) is 20.6. The monoisotopic (exact) mass is 488 g/mol. The molecule has 1 saturated carbocycles. The summed E-state index contributed by atoms with van der Waals surface area (Å²) in [5.41, 5.74) is 3.49. The number of rotatable bonds is 5. The minimum Gasteiger partial charge on any atom is -0.495 e. The topological polar surface area (TPSA) is 72.1 Å². The fourth-order valence-corrected chi connectivity index (χ4v) is 5.49. The number of aromatic nitrogens is 2. The van der Waals surface area contributed by atoms with Crippen molar-refractivity contribution in [2.24, 2.45) is 10.6 Å². The lowest BCUT2D eigenvalue weighted by Gasteiger charge is -2.44. The fourth-order valence-electron chi connectivity index (χ4n) is 5.49. The first-order valence-corrected chi connectivity index (χ1v) is 12.2. The predicted octanol–water partition coefficient (Wildman–Crippen LogP) is 4.78. The Morgan fingerprint density at radius 3 is 2.61 bits per heavy atom. The molecule has 0 bridgehead atoms. The number of fused-ring (bicyclic) bond motifs is 1. The van der Waals surface area contributed by atoms with E-state index in [1.807, 2.05) is 29.8 Å². The number of piperidine rings is 1. The predicted molar refractivity (Wildman–Crippen MR) is 134 cm³/mol. The van der Waals surface area contributed by atoms with Crippen molar-refractivity contribution < 1.29 is 19.1 Å². The number of oxime groups is 1.